The van der Waals surface area contributed by atoms with E-state index in [1.165, 1.54) is 5.56 Å². The number of carbonyl (C=O) groups is 1. The van der Waals surface area contributed by atoms with E-state index in [0.29, 0.717) is 6.42 Å². The maximum absolute atomic E-state index is 12.2. The molecule has 0 aromatic heterocycles. The van der Waals surface area contributed by atoms with E-state index in [9.17, 15) is 4.79 Å². The molecular formula is C20H24ClN3O. The molecule has 2 aromatic rings. The Hall–Kier alpha value is -2.04. The fourth-order valence-electron chi connectivity index (χ4n) is 3.18. The molecule has 1 aliphatic rings. The maximum atomic E-state index is 12.2. The number of piperidine rings is 1. The number of benzene rings is 2. The smallest absolute Gasteiger partial charge is 0.224 e. The molecule has 1 amide bonds. The van der Waals surface area contributed by atoms with Crippen molar-refractivity contribution in [3.8, 4) is 0 Å². The molecule has 0 radical (unpaired) electrons. The van der Waals surface area contributed by atoms with Crippen LogP contribution < -0.4 is 11.1 Å². The van der Waals surface area contributed by atoms with E-state index in [0.717, 1.165) is 48.7 Å². The largest absolute Gasteiger partial charge is 0.399 e. The lowest BCUT2D eigenvalue weighted by Crippen LogP contribution is -2.44. The molecule has 1 aliphatic heterocycles. The maximum Gasteiger partial charge on any atom is 0.224 e. The summed E-state index contributed by atoms with van der Waals surface area (Å²) in [7, 11) is 0. The van der Waals surface area contributed by atoms with Gasteiger partial charge in [-0.25, -0.2) is 0 Å². The molecule has 0 atom stereocenters. The fraction of sp³-hybridized carbons (Fsp3) is 0.350. The molecule has 0 spiro atoms. The first-order valence-electron chi connectivity index (χ1n) is 8.69. The van der Waals surface area contributed by atoms with Crippen LogP contribution in [0.25, 0.3) is 0 Å². The van der Waals surface area contributed by atoms with Gasteiger partial charge in [0.2, 0.25) is 5.91 Å². The van der Waals surface area contributed by atoms with Crippen LogP contribution in [0.15, 0.2) is 48.5 Å². The summed E-state index contributed by atoms with van der Waals surface area (Å²) in [5, 5.41) is 3.93. The molecule has 25 heavy (non-hydrogen) atoms. The molecule has 1 heterocycles. The van der Waals surface area contributed by atoms with Crippen LogP contribution in [0.3, 0.4) is 0 Å². The summed E-state index contributed by atoms with van der Waals surface area (Å²) >= 11 is 5.93. The summed E-state index contributed by atoms with van der Waals surface area (Å²) in [6.45, 7) is 2.92. The summed E-state index contributed by atoms with van der Waals surface area (Å²) in [6.07, 6.45) is 2.38. The van der Waals surface area contributed by atoms with Crippen molar-refractivity contribution >= 4 is 23.2 Å². The normalized spacial score (nSPS) is 15.9. The SMILES string of the molecule is Nc1ccc(CC(=O)NC2CCN(Cc3ccc(Cl)cc3)CC2)cc1. The zero-order valence-electron chi connectivity index (χ0n) is 14.2. The minimum Gasteiger partial charge on any atom is -0.399 e. The number of amides is 1. The number of rotatable bonds is 5. The molecule has 3 N–H and O–H groups in total. The first-order chi connectivity index (χ1) is 12.1. The first-order valence-corrected chi connectivity index (χ1v) is 9.07. The standard InChI is InChI=1S/C20H24ClN3O/c21-17-5-1-16(2-6-17)14-24-11-9-19(10-12-24)23-20(25)13-15-3-7-18(22)8-4-15/h1-8,19H,9-14,22H2,(H,23,25). The highest BCUT2D eigenvalue weighted by molar-refractivity contribution is 6.30. The molecular weight excluding hydrogens is 334 g/mol. The monoisotopic (exact) mass is 357 g/mol. The van der Waals surface area contributed by atoms with Gasteiger partial charge in [0, 0.05) is 36.4 Å². The van der Waals surface area contributed by atoms with Crippen LogP contribution in [0.1, 0.15) is 24.0 Å². The molecule has 0 unspecified atom stereocenters. The minimum absolute atomic E-state index is 0.0842. The van der Waals surface area contributed by atoms with Gasteiger partial charge in [0.25, 0.3) is 0 Å². The molecule has 0 aliphatic carbocycles. The van der Waals surface area contributed by atoms with Crippen molar-refractivity contribution in [2.75, 3.05) is 18.8 Å². The van der Waals surface area contributed by atoms with Crippen molar-refractivity contribution in [3.63, 3.8) is 0 Å². The Morgan fingerprint density at radius 3 is 2.28 bits per heavy atom. The molecule has 132 valence electrons. The second-order valence-corrected chi connectivity index (χ2v) is 7.10. The highest BCUT2D eigenvalue weighted by atomic mass is 35.5. The highest BCUT2D eigenvalue weighted by Crippen LogP contribution is 2.16. The number of halogens is 1. The topological polar surface area (TPSA) is 58.4 Å². The average molecular weight is 358 g/mol. The number of nitrogen functional groups attached to an aromatic ring is 1. The summed E-state index contributed by atoms with van der Waals surface area (Å²) in [5.74, 6) is 0.0842. The molecule has 5 heteroatoms. The summed E-state index contributed by atoms with van der Waals surface area (Å²) < 4.78 is 0. The van der Waals surface area contributed by atoms with E-state index >= 15 is 0 Å². The minimum atomic E-state index is 0.0842. The van der Waals surface area contributed by atoms with E-state index in [4.69, 9.17) is 17.3 Å². The number of likely N-dealkylation sites (tertiary alicyclic amines) is 1. The Kier molecular flexibility index (Phi) is 5.95. The van der Waals surface area contributed by atoms with Crippen LogP contribution in [-0.2, 0) is 17.8 Å². The molecule has 1 saturated heterocycles. The average Bonchev–Trinajstić information content (AvgIpc) is 2.61. The van der Waals surface area contributed by atoms with Gasteiger partial charge in [-0.05, 0) is 48.2 Å². The Balaban J connectivity index is 1.42. The van der Waals surface area contributed by atoms with Gasteiger partial charge in [-0.15, -0.1) is 0 Å². The Morgan fingerprint density at radius 1 is 1.04 bits per heavy atom. The number of hydrogen-bond donors (Lipinski definition) is 2. The third kappa shape index (κ3) is 5.48. The molecule has 2 aromatic carbocycles. The van der Waals surface area contributed by atoms with Crippen LogP contribution >= 0.6 is 11.6 Å². The van der Waals surface area contributed by atoms with Crippen LogP contribution in [0.2, 0.25) is 5.02 Å². The lowest BCUT2D eigenvalue weighted by Gasteiger charge is -2.32. The third-order valence-corrected chi connectivity index (χ3v) is 4.87. The second kappa shape index (κ2) is 8.37. The predicted molar refractivity (Wildman–Crippen MR) is 102 cm³/mol. The number of nitrogens with zero attached hydrogens (tertiary/aromatic N) is 1. The molecule has 3 rings (SSSR count). The first kappa shape index (κ1) is 17.8. The number of anilines is 1. The van der Waals surface area contributed by atoms with Crippen molar-refractivity contribution in [2.24, 2.45) is 0 Å². The van der Waals surface area contributed by atoms with E-state index in [2.05, 4.69) is 22.3 Å². The van der Waals surface area contributed by atoms with Gasteiger partial charge >= 0.3 is 0 Å². The van der Waals surface area contributed by atoms with Crippen LogP contribution in [-0.4, -0.2) is 29.9 Å². The summed E-state index contributed by atoms with van der Waals surface area (Å²) in [4.78, 5) is 14.6. The van der Waals surface area contributed by atoms with Gasteiger partial charge < -0.3 is 11.1 Å². The van der Waals surface area contributed by atoms with Crippen molar-refractivity contribution in [1.29, 1.82) is 0 Å². The molecule has 4 nitrogen and oxygen atoms in total. The Morgan fingerprint density at radius 2 is 1.64 bits per heavy atom. The van der Waals surface area contributed by atoms with Crippen LogP contribution in [0.5, 0.6) is 0 Å². The van der Waals surface area contributed by atoms with Gasteiger partial charge in [0.05, 0.1) is 6.42 Å². The number of nitrogens with one attached hydrogen (secondary N) is 1. The van der Waals surface area contributed by atoms with Gasteiger partial charge in [0.1, 0.15) is 0 Å². The van der Waals surface area contributed by atoms with Crippen molar-refractivity contribution in [1.82, 2.24) is 10.2 Å². The van der Waals surface area contributed by atoms with E-state index in [-0.39, 0.29) is 11.9 Å². The summed E-state index contributed by atoms with van der Waals surface area (Å²) in [6, 6.07) is 15.7. The Labute approximate surface area is 154 Å². The quantitative estimate of drug-likeness (QED) is 0.807. The highest BCUT2D eigenvalue weighted by Gasteiger charge is 2.20. The van der Waals surface area contributed by atoms with E-state index in [1.54, 1.807) is 0 Å². The van der Waals surface area contributed by atoms with Crippen LogP contribution in [0.4, 0.5) is 5.69 Å². The zero-order valence-corrected chi connectivity index (χ0v) is 15.0. The third-order valence-electron chi connectivity index (χ3n) is 4.62. The fourth-order valence-corrected chi connectivity index (χ4v) is 3.31. The lowest BCUT2D eigenvalue weighted by atomic mass is 10.0. The van der Waals surface area contributed by atoms with Crippen LogP contribution in [0, 0.1) is 0 Å². The molecule has 0 saturated carbocycles. The number of hydrogen-bond acceptors (Lipinski definition) is 3. The number of carbonyl (C=O) groups excluding carboxylic acids is 1. The van der Waals surface area contributed by atoms with Gasteiger partial charge in [-0.1, -0.05) is 35.9 Å². The Bertz CT molecular complexity index is 692. The van der Waals surface area contributed by atoms with Gasteiger partial charge in [0.15, 0.2) is 0 Å². The van der Waals surface area contributed by atoms with Crippen molar-refractivity contribution in [3.05, 3.63) is 64.7 Å². The lowest BCUT2D eigenvalue weighted by molar-refractivity contribution is -0.121. The van der Waals surface area contributed by atoms with Gasteiger partial charge in [-0.3, -0.25) is 9.69 Å². The van der Waals surface area contributed by atoms with Gasteiger partial charge in [-0.2, -0.15) is 0 Å². The second-order valence-electron chi connectivity index (χ2n) is 6.66. The molecule has 0 bridgehead atoms. The van der Waals surface area contributed by atoms with Crippen molar-refractivity contribution in [2.45, 2.75) is 31.8 Å². The van der Waals surface area contributed by atoms with E-state index < -0.39 is 0 Å². The predicted octanol–water partition coefficient (Wildman–Crippen LogP) is 3.25. The molecule has 1 fully saturated rings. The summed E-state index contributed by atoms with van der Waals surface area (Å²) in [5.41, 5.74) is 8.66. The zero-order chi connectivity index (χ0) is 17.6. The van der Waals surface area contributed by atoms with E-state index in [1.807, 2.05) is 36.4 Å². The van der Waals surface area contributed by atoms with Crippen molar-refractivity contribution < 1.29 is 4.79 Å². The number of nitrogens with two attached hydrogens (primary N) is 1.